The van der Waals surface area contributed by atoms with Crippen LogP contribution in [0.2, 0.25) is 0 Å². The van der Waals surface area contributed by atoms with Gasteiger partial charge in [-0.3, -0.25) is 9.88 Å². The molecule has 0 saturated carbocycles. The molecule has 2 aliphatic heterocycles. The van der Waals surface area contributed by atoms with Crippen molar-refractivity contribution in [2.75, 3.05) is 0 Å². The van der Waals surface area contributed by atoms with Crippen LogP contribution < -0.4 is 0 Å². The summed E-state index contributed by atoms with van der Waals surface area (Å²) in [6, 6.07) is 13.7. The zero-order valence-corrected chi connectivity index (χ0v) is 15.3. The minimum atomic E-state index is 0.430. The number of benzene rings is 1. The Morgan fingerprint density at radius 1 is 1.11 bits per heavy atom. The molecule has 0 spiro atoms. The number of fused-ring (bicyclic) bond motifs is 7. The Hall–Kier alpha value is -2.79. The fourth-order valence-electron chi connectivity index (χ4n) is 5.04. The van der Waals surface area contributed by atoms with E-state index in [9.17, 15) is 0 Å². The predicted octanol–water partition coefficient (Wildman–Crippen LogP) is 3.85. The van der Waals surface area contributed by atoms with Crippen molar-refractivity contribution >= 4 is 16.6 Å². The van der Waals surface area contributed by atoms with Crippen molar-refractivity contribution in [3.05, 3.63) is 71.3 Å². The molecule has 5 heterocycles. The third-order valence-electron chi connectivity index (χ3n) is 6.24. The number of aromatic nitrogens is 4. The molecule has 27 heavy (non-hydrogen) atoms. The standard InChI is InChI=1S/C22H21N5/c1-14-10-21-24-12-18-19-8-7-17(11-20(18)27(21)25-14)26(19)13-16-5-2-4-15-6-3-9-23-22(15)16/h2-6,9-10,12,17,19H,7-8,11,13H2,1H3/t17-,19+/m0/s1. The normalized spacial score (nSPS) is 21.8. The lowest BCUT2D eigenvalue weighted by atomic mass is 9.98. The third kappa shape index (κ3) is 2.24. The van der Waals surface area contributed by atoms with Crippen molar-refractivity contribution in [3.8, 4) is 0 Å². The molecule has 5 nitrogen and oxygen atoms in total. The zero-order valence-electron chi connectivity index (χ0n) is 15.3. The van der Waals surface area contributed by atoms with Crippen molar-refractivity contribution in [1.29, 1.82) is 0 Å². The van der Waals surface area contributed by atoms with Gasteiger partial charge in [-0.1, -0.05) is 24.3 Å². The van der Waals surface area contributed by atoms with Crippen LogP contribution in [0, 0.1) is 6.92 Å². The monoisotopic (exact) mass is 355 g/mol. The second-order valence-corrected chi connectivity index (χ2v) is 7.83. The molecule has 3 aromatic heterocycles. The molecule has 134 valence electrons. The molecule has 0 radical (unpaired) electrons. The molecule has 2 bridgehead atoms. The highest BCUT2D eigenvalue weighted by Crippen LogP contribution is 2.44. The fourth-order valence-corrected chi connectivity index (χ4v) is 5.04. The molecule has 1 saturated heterocycles. The second-order valence-electron chi connectivity index (χ2n) is 7.83. The summed E-state index contributed by atoms with van der Waals surface area (Å²) < 4.78 is 2.08. The highest BCUT2D eigenvalue weighted by molar-refractivity contribution is 5.81. The van der Waals surface area contributed by atoms with Gasteiger partial charge in [0.15, 0.2) is 5.65 Å². The topological polar surface area (TPSA) is 46.3 Å². The van der Waals surface area contributed by atoms with E-state index < -0.39 is 0 Å². The van der Waals surface area contributed by atoms with E-state index in [0.29, 0.717) is 12.1 Å². The lowest BCUT2D eigenvalue weighted by Crippen LogP contribution is -2.38. The minimum Gasteiger partial charge on any atom is -0.289 e. The third-order valence-corrected chi connectivity index (χ3v) is 6.24. The van der Waals surface area contributed by atoms with Gasteiger partial charge in [-0.25, -0.2) is 9.50 Å². The molecule has 0 unspecified atom stereocenters. The maximum Gasteiger partial charge on any atom is 0.155 e. The van der Waals surface area contributed by atoms with E-state index in [0.717, 1.165) is 29.8 Å². The highest BCUT2D eigenvalue weighted by atomic mass is 15.3. The summed E-state index contributed by atoms with van der Waals surface area (Å²) in [5.74, 6) is 0. The van der Waals surface area contributed by atoms with Gasteiger partial charge in [0.2, 0.25) is 0 Å². The van der Waals surface area contributed by atoms with Crippen molar-refractivity contribution in [2.45, 2.75) is 44.8 Å². The first-order valence-corrected chi connectivity index (χ1v) is 9.70. The van der Waals surface area contributed by atoms with Gasteiger partial charge in [0.25, 0.3) is 0 Å². The molecule has 6 rings (SSSR count). The average Bonchev–Trinajstić information content (AvgIpc) is 3.20. The van der Waals surface area contributed by atoms with Gasteiger partial charge >= 0.3 is 0 Å². The van der Waals surface area contributed by atoms with E-state index >= 15 is 0 Å². The largest absolute Gasteiger partial charge is 0.289 e. The van der Waals surface area contributed by atoms with Gasteiger partial charge in [-0.05, 0) is 31.4 Å². The average molecular weight is 355 g/mol. The molecule has 0 aliphatic carbocycles. The quantitative estimate of drug-likeness (QED) is 0.548. The number of nitrogens with zero attached hydrogens (tertiary/aromatic N) is 5. The molecule has 0 N–H and O–H groups in total. The Morgan fingerprint density at radius 2 is 2.04 bits per heavy atom. The fraction of sp³-hybridized carbons (Fsp3) is 0.318. The summed E-state index contributed by atoms with van der Waals surface area (Å²) in [6.45, 7) is 2.98. The second kappa shape index (κ2) is 5.60. The maximum absolute atomic E-state index is 4.70. The number of aryl methyl sites for hydroxylation is 1. The van der Waals surface area contributed by atoms with Gasteiger partial charge in [-0.2, -0.15) is 5.10 Å². The Labute approximate surface area is 157 Å². The minimum absolute atomic E-state index is 0.430. The van der Waals surface area contributed by atoms with E-state index in [2.05, 4.69) is 55.9 Å². The van der Waals surface area contributed by atoms with E-state index in [1.54, 1.807) is 0 Å². The summed E-state index contributed by atoms with van der Waals surface area (Å²) in [5.41, 5.74) is 7.16. The first kappa shape index (κ1) is 15.3. The van der Waals surface area contributed by atoms with Crippen LogP contribution in [0.25, 0.3) is 16.6 Å². The summed E-state index contributed by atoms with van der Waals surface area (Å²) in [7, 11) is 0. The Kier molecular flexibility index (Phi) is 3.17. The summed E-state index contributed by atoms with van der Waals surface area (Å²) in [4.78, 5) is 12.0. The van der Waals surface area contributed by atoms with Gasteiger partial charge in [0.05, 0.1) is 16.9 Å². The van der Waals surface area contributed by atoms with Crippen LogP contribution in [-0.4, -0.2) is 30.5 Å². The molecule has 1 aromatic carbocycles. The van der Waals surface area contributed by atoms with Crippen LogP contribution in [0.4, 0.5) is 0 Å². The molecule has 0 amide bonds. The van der Waals surface area contributed by atoms with E-state index in [1.165, 1.54) is 35.0 Å². The number of hydrogen-bond donors (Lipinski definition) is 0. The lowest BCUT2D eigenvalue weighted by molar-refractivity contribution is 0.165. The highest BCUT2D eigenvalue weighted by Gasteiger charge is 2.41. The zero-order chi connectivity index (χ0) is 18.0. The van der Waals surface area contributed by atoms with Gasteiger partial charge in [0.1, 0.15) is 0 Å². The molecular weight excluding hydrogens is 334 g/mol. The van der Waals surface area contributed by atoms with Crippen molar-refractivity contribution < 1.29 is 0 Å². The van der Waals surface area contributed by atoms with Crippen LogP contribution in [0.15, 0.2) is 48.8 Å². The molecule has 1 fully saturated rings. The molecular formula is C22H21N5. The number of rotatable bonds is 2. The van der Waals surface area contributed by atoms with Gasteiger partial charge in [0, 0.05) is 54.5 Å². The maximum atomic E-state index is 4.70. The first-order valence-electron chi connectivity index (χ1n) is 9.70. The van der Waals surface area contributed by atoms with Crippen molar-refractivity contribution in [2.24, 2.45) is 0 Å². The summed E-state index contributed by atoms with van der Waals surface area (Å²) in [6.07, 6.45) is 7.46. The van der Waals surface area contributed by atoms with Crippen molar-refractivity contribution in [3.63, 3.8) is 0 Å². The molecule has 4 aromatic rings. The number of hydrogen-bond acceptors (Lipinski definition) is 4. The van der Waals surface area contributed by atoms with E-state index in [-0.39, 0.29) is 0 Å². The van der Waals surface area contributed by atoms with Crippen LogP contribution >= 0.6 is 0 Å². The molecule has 2 atom stereocenters. The van der Waals surface area contributed by atoms with Crippen LogP contribution in [0.3, 0.4) is 0 Å². The van der Waals surface area contributed by atoms with E-state index in [1.807, 2.05) is 19.2 Å². The predicted molar refractivity (Wildman–Crippen MR) is 104 cm³/mol. The number of pyridine rings is 1. The summed E-state index contributed by atoms with van der Waals surface area (Å²) >= 11 is 0. The number of para-hydroxylation sites is 1. The Balaban J connectivity index is 1.42. The SMILES string of the molecule is Cc1cc2ncc3c(n2n1)C[C@@H]1CC[C@H]3N1Cc1cccc2cccnc12. The van der Waals surface area contributed by atoms with Crippen LogP contribution in [-0.2, 0) is 13.0 Å². The Morgan fingerprint density at radius 3 is 3.00 bits per heavy atom. The summed E-state index contributed by atoms with van der Waals surface area (Å²) in [5, 5.41) is 5.92. The molecule has 5 heteroatoms. The van der Waals surface area contributed by atoms with Crippen LogP contribution in [0.5, 0.6) is 0 Å². The van der Waals surface area contributed by atoms with Crippen molar-refractivity contribution in [1.82, 2.24) is 24.5 Å². The Bertz CT molecular complexity index is 1170. The van der Waals surface area contributed by atoms with Crippen LogP contribution in [0.1, 0.15) is 41.4 Å². The molecule has 2 aliphatic rings. The first-order chi connectivity index (χ1) is 13.3. The van der Waals surface area contributed by atoms with Gasteiger partial charge < -0.3 is 0 Å². The smallest absolute Gasteiger partial charge is 0.155 e. The lowest BCUT2D eigenvalue weighted by Gasteiger charge is -2.36. The van der Waals surface area contributed by atoms with Gasteiger partial charge in [-0.15, -0.1) is 0 Å². The van der Waals surface area contributed by atoms with E-state index in [4.69, 9.17) is 5.10 Å².